The Morgan fingerprint density at radius 3 is 2.62 bits per heavy atom. The van der Waals surface area contributed by atoms with Crippen molar-refractivity contribution in [3.8, 4) is 5.75 Å². The molecule has 29 heavy (non-hydrogen) atoms. The number of methoxy groups -OCH3 is 1. The van der Waals surface area contributed by atoms with Crippen LogP contribution in [0.25, 0.3) is 0 Å². The van der Waals surface area contributed by atoms with Crippen LogP contribution in [-0.4, -0.2) is 49.5 Å². The van der Waals surface area contributed by atoms with Gasteiger partial charge in [0.15, 0.2) is 0 Å². The number of nitrogens with zero attached hydrogens (tertiary/aromatic N) is 1. The molecule has 0 saturated carbocycles. The molecule has 2 aromatic rings. The first-order valence-electron chi connectivity index (χ1n) is 9.68. The number of hydrogen-bond acceptors (Lipinski definition) is 4. The van der Waals surface area contributed by atoms with E-state index in [1.54, 1.807) is 25.3 Å². The minimum Gasteiger partial charge on any atom is -0.497 e. The Morgan fingerprint density at radius 1 is 1.17 bits per heavy atom. The van der Waals surface area contributed by atoms with Gasteiger partial charge >= 0.3 is 0 Å². The van der Waals surface area contributed by atoms with E-state index in [4.69, 9.17) is 4.74 Å². The summed E-state index contributed by atoms with van der Waals surface area (Å²) >= 11 is 3.48. The monoisotopic (exact) mass is 459 g/mol. The van der Waals surface area contributed by atoms with Crippen molar-refractivity contribution >= 4 is 33.4 Å². The number of carbonyl (C=O) groups excluding carboxylic acids is 2. The number of ether oxygens (including phenoxy) is 1. The molecule has 1 saturated heterocycles. The molecule has 2 amide bonds. The molecule has 2 N–H and O–H groups in total. The van der Waals surface area contributed by atoms with E-state index in [2.05, 4.69) is 31.5 Å². The number of carbonyl (C=O) groups is 2. The standard InChI is InChI=1S/C22H26BrN3O3/c1-15-6-7-20(19(23)12-15)25-21(27)14-26-10-8-17(9-11-26)24-22(28)16-4-3-5-18(13-16)29-2/h3-7,12-13,17H,8-11,14H2,1-2H3,(H,24,28)(H,25,27). The van der Waals surface area contributed by atoms with Gasteiger partial charge in [-0.3, -0.25) is 14.5 Å². The number of anilines is 1. The van der Waals surface area contributed by atoms with Crippen LogP contribution in [0.15, 0.2) is 46.9 Å². The highest BCUT2D eigenvalue weighted by Crippen LogP contribution is 2.23. The number of aryl methyl sites for hydroxylation is 1. The number of nitrogens with one attached hydrogen (secondary N) is 2. The molecule has 0 aromatic heterocycles. The SMILES string of the molecule is COc1cccc(C(=O)NC2CCN(CC(=O)Nc3ccc(C)cc3Br)CC2)c1. The van der Waals surface area contributed by atoms with Crippen molar-refractivity contribution < 1.29 is 14.3 Å². The lowest BCUT2D eigenvalue weighted by Crippen LogP contribution is -2.46. The Hall–Kier alpha value is -2.38. The average Bonchev–Trinajstić information content (AvgIpc) is 2.71. The minimum atomic E-state index is -0.0932. The summed E-state index contributed by atoms with van der Waals surface area (Å²) in [5.74, 6) is 0.538. The zero-order chi connectivity index (χ0) is 20.8. The summed E-state index contributed by atoms with van der Waals surface area (Å²) in [5.41, 5.74) is 2.50. The predicted octanol–water partition coefficient (Wildman–Crippen LogP) is 3.60. The van der Waals surface area contributed by atoms with Crippen LogP contribution in [-0.2, 0) is 4.79 Å². The van der Waals surface area contributed by atoms with Crippen LogP contribution in [0.5, 0.6) is 5.75 Å². The van der Waals surface area contributed by atoms with Crippen molar-refractivity contribution in [2.24, 2.45) is 0 Å². The first kappa shape index (κ1) is 21.3. The predicted molar refractivity (Wildman–Crippen MR) is 117 cm³/mol. The Kier molecular flexibility index (Phi) is 7.28. The third kappa shape index (κ3) is 6.05. The van der Waals surface area contributed by atoms with Gasteiger partial charge in [-0.15, -0.1) is 0 Å². The quantitative estimate of drug-likeness (QED) is 0.692. The molecule has 3 rings (SSSR count). The van der Waals surface area contributed by atoms with Gasteiger partial charge in [-0.25, -0.2) is 0 Å². The van der Waals surface area contributed by atoms with Gasteiger partial charge in [-0.2, -0.15) is 0 Å². The van der Waals surface area contributed by atoms with E-state index in [1.165, 1.54) is 0 Å². The Balaban J connectivity index is 1.45. The van der Waals surface area contributed by atoms with Gasteiger partial charge in [0.2, 0.25) is 5.91 Å². The van der Waals surface area contributed by atoms with Gasteiger partial charge in [0, 0.05) is 29.2 Å². The summed E-state index contributed by atoms with van der Waals surface area (Å²) < 4.78 is 6.05. The Morgan fingerprint density at radius 2 is 1.93 bits per heavy atom. The Bertz CT molecular complexity index is 879. The molecule has 6 nitrogen and oxygen atoms in total. The maximum atomic E-state index is 12.5. The Labute approximate surface area is 179 Å². The van der Waals surface area contributed by atoms with E-state index in [9.17, 15) is 9.59 Å². The number of likely N-dealkylation sites (tertiary alicyclic amines) is 1. The highest BCUT2D eigenvalue weighted by atomic mass is 79.9. The molecule has 0 bridgehead atoms. The molecule has 0 spiro atoms. The molecule has 7 heteroatoms. The van der Waals surface area contributed by atoms with Crippen LogP contribution in [0.1, 0.15) is 28.8 Å². The zero-order valence-electron chi connectivity index (χ0n) is 16.7. The van der Waals surface area contributed by atoms with Crippen LogP contribution in [0.4, 0.5) is 5.69 Å². The molecule has 0 aliphatic carbocycles. The second-order valence-corrected chi connectivity index (χ2v) is 8.14. The van der Waals surface area contributed by atoms with E-state index in [1.807, 2.05) is 31.2 Å². The fourth-order valence-electron chi connectivity index (χ4n) is 3.38. The number of rotatable bonds is 6. The van der Waals surface area contributed by atoms with Gasteiger partial charge in [0.1, 0.15) is 5.75 Å². The number of hydrogen-bond donors (Lipinski definition) is 2. The lowest BCUT2D eigenvalue weighted by atomic mass is 10.0. The lowest BCUT2D eigenvalue weighted by Gasteiger charge is -2.31. The smallest absolute Gasteiger partial charge is 0.251 e. The van der Waals surface area contributed by atoms with E-state index in [-0.39, 0.29) is 17.9 Å². The van der Waals surface area contributed by atoms with Crippen LogP contribution in [0.3, 0.4) is 0 Å². The van der Waals surface area contributed by atoms with Crippen molar-refractivity contribution in [1.82, 2.24) is 10.2 Å². The summed E-state index contributed by atoms with van der Waals surface area (Å²) in [6.07, 6.45) is 1.63. The third-order valence-corrected chi connectivity index (χ3v) is 5.68. The van der Waals surface area contributed by atoms with Crippen molar-refractivity contribution in [1.29, 1.82) is 0 Å². The fourth-order valence-corrected chi connectivity index (χ4v) is 3.98. The molecule has 1 aliphatic heterocycles. The molecular weight excluding hydrogens is 434 g/mol. The number of piperidine rings is 1. The zero-order valence-corrected chi connectivity index (χ0v) is 18.3. The number of halogens is 1. The molecule has 1 heterocycles. The van der Waals surface area contributed by atoms with Crippen LogP contribution >= 0.6 is 15.9 Å². The molecule has 2 aromatic carbocycles. The van der Waals surface area contributed by atoms with Gasteiger partial charge in [0.05, 0.1) is 19.3 Å². The first-order chi connectivity index (χ1) is 13.9. The summed E-state index contributed by atoms with van der Waals surface area (Å²) in [5, 5.41) is 6.04. The molecule has 154 valence electrons. The average molecular weight is 460 g/mol. The molecule has 0 unspecified atom stereocenters. The highest BCUT2D eigenvalue weighted by molar-refractivity contribution is 9.10. The number of benzene rings is 2. The van der Waals surface area contributed by atoms with Crippen LogP contribution < -0.4 is 15.4 Å². The topological polar surface area (TPSA) is 70.7 Å². The molecule has 1 fully saturated rings. The van der Waals surface area contributed by atoms with E-state index in [0.29, 0.717) is 17.9 Å². The summed E-state index contributed by atoms with van der Waals surface area (Å²) in [6, 6.07) is 13.1. The summed E-state index contributed by atoms with van der Waals surface area (Å²) in [7, 11) is 1.58. The third-order valence-electron chi connectivity index (χ3n) is 5.02. The van der Waals surface area contributed by atoms with E-state index >= 15 is 0 Å². The van der Waals surface area contributed by atoms with Crippen molar-refractivity contribution in [2.45, 2.75) is 25.8 Å². The lowest BCUT2D eigenvalue weighted by molar-refractivity contribution is -0.117. The fraction of sp³-hybridized carbons (Fsp3) is 0.364. The second-order valence-electron chi connectivity index (χ2n) is 7.29. The first-order valence-corrected chi connectivity index (χ1v) is 10.5. The van der Waals surface area contributed by atoms with Crippen LogP contribution in [0.2, 0.25) is 0 Å². The van der Waals surface area contributed by atoms with Crippen molar-refractivity contribution in [2.75, 3.05) is 32.1 Å². The van der Waals surface area contributed by atoms with E-state index < -0.39 is 0 Å². The van der Waals surface area contributed by atoms with Crippen molar-refractivity contribution in [3.63, 3.8) is 0 Å². The maximum absolute atomic E-state index is 12.5. The van der Waals surface area contributed by atoms with Crippen LogP contribution in [0, 0.1) is 6.92 Å². The molecular formula is C22H26BrN3O3. The molecule has 0 atom stereocenters. The molecule has 0 radical (unpaired) electrons. The maximum Gasteiger partial charge on any atom is 0.251 e. The molecule has 1 aliphatic rings. The highest BCUT2D eigenvalue weighted by Gasteiger charge is 2.23. The second kappa shape index (κ2) is 9.89. The van der Waals surface area contributed by atoms with E-state index in [0.717, 1.165) is 41.7 Å². The normalized spacial score (nSPS) is 15.0. The summed E-state index contributed by atoms with van der Waals surface area (Å²) in [6.45, 7) is 3.89. The van der Waals surface area contributed by atoms with Gasteiger partial charge < -0.3 is 15.4 Å². The van der Waals surface area contributed by atoms with Crippen molar-refractivity contribution in [3.05, 3.63) is 58.1 Å². The minimum absolute atomic E-state index is 0.0339. The summed E-state index contributed by atoms with van der Waals surface area (Å²) in [4.78, 5) is 26.9. The largest absolute Gasteiger partial charge is 0.497 e. The van der Waals surface area contributed by atoms with Gasteiger partial charge in [-0.05, 0) is 71.6 Å². The van der Waals surface area contributed by atoms with Gasteiger partial charge in [-0.1, -0.05) is 12.1 Å². The van der Waals surface area contributed by atoms with Gasteiger partial charge in [0.25, 0.3) is 5.91 Å². The number of amides is 2.